The van der Waals surface area contributed by atoms with Crippen LogP contribution in [0, 0.1) is 6.92 Å². The molecule has 104 valence electrons. The molecule has 1 heterocycles. The third kappa shape index (κ3) is 2.58. The monoisotopic (exact) mass is 289 g/mol. The van der Waals surface area contributed by atoms with Crippen molar-refractivity contribution in [2.45, 2.75) is 19.4 Å². The Morgan fingerprint density at radius 1 is 1.20 bits per heavy atom. The number of thiophene rings is 1. The zero-order chi connectivity index (χ0) is 14.8. The predicted octanol–water partition coefficient (Wildman–Crippen LogP) is 2.79. The summed E-state index contributed by atoms with van der Waals surface area (Å²) in [5.74, 6) is -1.46. The quantitative estimate of drug-likeness (QED) is 0.909. The minimum absolute atomic E-state index is 0.369. The van der Waals surface area contributed by atoms with Crippen LogP contribution in [0.2, 0.25) is 0 Å². The maximum atomic E-state index is 12.3. The molecule has 0 aliphatic heterocycles. The van der Waals surface area contributed by atoms with Crippen LogP contribution in [0.1, 0.15) is 27.7 Å². The summed E-state index contributed by atoms with van der Waals surface area (Å²) in [4.78, 5) is 24.4. The van der Waals surface area contributed by atoms with Crippen molar-refractivity contribution in [3.8, 4) is 0 Å². The second kappa shape index (κ2) is 5.46. The molecule has 0 saturated carbocycles. The molecule has 1 aromatic heterocycles. The van der Waals surface area contributed by atoms with Gasteiger partial charge in [-0.1, -0.05) is 30.3 Å². The van der Waals surface area contributed by atoms with Gasteiger partial charge < -0.3 is 10.4 Å². The van der Waals surface area contributed by atoms with Gasteiger partial charge in [0.1, 0.15) is 0 Å². The lowest BCUT2D eigenvalue weighted by molar-refractivity contribution is -0.144. The van der Waals surface area contributed by atoms with Gasteiger partial charge in [-0.2, -0.15) is 0 Å². The molecule has 5 heteroatoms. The van der Waals surface area contributed by atoms with Gasteiger partial charge in [-0.25, -0.2) is 4.79 Å². The van der Waals surface area contributed by atoms with E-state index in [2.05, 4.69) is 5.32 Å². The van der Waals surface area contributed by atoms with Crippen molar-refractivity contribution in [2.75, 3.05) is 0 Å². The Labute approximate surface area is 121 Å². The van der Waals surface area contributed by atoms with Gasteiger partial charge in [0.25, 0.3) is 5.91 Å². The molecule has 1 aromatic carbocycles. The fraction of sp³-hybridized carbons (Fsp3) is 0.200. The molecule has 1 unspecified atom stereocenters. The van der Waals surface area contributed by atoms with Crippen LogP contribution >= 0.6 is 11.3 Å². The maximum Gasteiger partial charge on any atom is 0.333 e. The number of benzene rings is 1. The molecule has 20 heavy (non-hydrogen) atoms. The van der Waals surface area contributed by atoms with Crippen LogP contribution < -0.4 is 5.32 Å². The highest BCUT2D eigenvalue weighted by molar-refractivity contribution is 7.12. The molecule has 0 aliphatic rings. The van der Waals surface area contributed by atoms with E-state index in [0.717, 1.165) is 5.56 Å². The Bertz CT molecular complexity index is 636. The van der Waals surface area contributed by atoms with E-state index in [0.29, 0.717) is 10.4 Å². The van der Waals surface area contributed by atoms with E-state index in [-0.39, 0.29) is 5.91 Å². The lowest BCUT2D eigenvalue weighted by Crippen LogP contribution is -2.49. The van der Waals surface area contributed by atoms with E-state index in [9.17, 15) is 14.7 Å². The number of hydrogen-bond acceptors (Lipinski definition) is 3. The lowest BCUT2D eigenvalue weighted by atomic mass is 9.92. The highest BCUT2D eigenvalue weighted by Crippen LogP contribution is 2.23. The number of carboxylic acid groups (broad SMARTS) is 1. The molecule has 0 spiro atoms. The summed E-state index contributed by atoms with van der Waals surface area (Å²) in [7, 11) is 0. The van der Waals surface area contributed by atoms with E-state index in [1.165, 1.54) is 18.3 Å². The molecule has 0 saturated heterocycles. The number of carbonyl (C=O) groups excluding carboxylic acids is 1. The molecule has 0 bridgehead atoms. The van der Waals surface area contributed by atoms with Gasteiger partial charge in [-0.15, -0.1) is 11.3 Å². The topological polar surface area (TPSA) is 66.4 Å². The van der Waals surface area contributed by atoms with Crippen LogP contribution in [0.5, 0.6) is 0 Å². The first-order valence-electron chi connectivity index (χ1n) is 6.10. The minimum atomic E-state index is -1.45. The number of aliphatic carboxylic acids is 1. The Kier molecular flexibility index (Phi) is 3.90. The Balaban J connectivity index is 2.34. The van der Waals surface area contributed by atoms with E-state index >= 15 is 0 Å². The van der Waals surface area contributed by atoms with Gasteiger partial charge >= 0.3 is 5.97 Å². The number of carboxylic acids is 1. The molecular formula is C15H15NO3S. The van der Waals surface area contributed by atoms with Gasteiger partial charge in [-0.3, -0.25) is 4.79 Å². The van der Waals surface area contributed by atoms with Crippen molar-refractivity contribution in [3.05, 3.63) is 57.8 Å². The molecule has 2 rings (SSSR count). The summed E-state index contributed by atoms with van der Waals surface area (Å²) in [6, 6.07) is 10.5. The third-order valence-corrected chi connectivity index (χ3v) is 4.23. The number of rotatable bonds is 4. The van der Waals surface area contributed by atoms with Gasteiger partial charge in [0.2, 0.25) is 0 Å². The SMILES string of the molecule is Cc1ccsc1C(=O)NC(C)(C(=O)O)c1ccccc1. The summed E-state index contributed by atoms with van der Waals surface area (Å²) < 4.78 is 0. The lowest BCUT2D eigenvalue weighted by Gasteiger charge is -2.26. The molecule has 1 amide bonds. The Morgan fingerprint density at radius 2 is 1.85 bits per heavy atom. The van der Waals surface area contributed by atoms with Crippen LogP contribution in [0.15, 0.2) is 41.8 Å². The average Bonchev–Trinajstić information content (AvgIpc) is 2.85. The fourth-order valence-electron chi connectivity index (χ4n) is 1.91. The van der Waals surface area contributed by atoms with Crippen molar-refractivity contribution in [3.63, 3.8) is 0 Å². The normalized spacial score (nSPS) is 13.5. The molecular weight excluding hydrogens is 274 g/mol. The maximum absolute atomic E-state index is 12.3. The van der Waals surface area contributed by atoms with Crippen molar-refractivity contribution in [1.82, 2.24) is 5.32 Å². The van der Waals surface area contributed by atoms with Crippen molar-refractivity contribution in [1.29, 1.82) is 0 Å². The molecule has 4 nitrogen and oxygen atoms in total. The van der Waals surface area contributed by atoms with Crippen LogP contribution in [0.25, 0.3) is 0 Å². The van der Waals surface area contributed by atoms with Crippen molar-refractivity contribution in [2.24, 2.45) is 0 Å². The van der Waals surface area contributed by atoms with Crippen LogP contribution in [0.3, 0.4) is 0 Å². The summed E-state index contributed by atoms with van der Waals surface area (Å²) in [5, 5.41) is 13.9. The van der Waals surface area contributed by atoms with Crippen LogP contribution in [0.4, 0.5) is 0 Å². The second-order valence-electron chi connectivity index (χ2n) is 4.68. The van der Waals surface area contributed by atoms with E-state index in [1.54, 1.807) is 30.3 Å². The van der Waals surface area contributed by atoms with Gasteiger partial charge in [0, 0.05) is 0 Å². The standard InChI is InChI=1S/C15H15NO3S/c1-10-8-9-20-12(10)13(17)16-15(2,14(18)19)11-6-4-3-5-7-11/h3-9H,1-2H3,(H,16,17)(H,18,19). The summed E-state index contributed by atoms with van der Waals surface area (Å²) in [6.07, 6.45) is 0. The zero-order valence-corrected chi connectivity index (χ0v) is 12.0. The first-order valence-corrected chi connectivity index (χ1v) is 6.98. The second-order valence-corrected chi connectivity index (χ2v) is 5.60. The zero-order valence-electron chi connectivity index (χ0n) is 11.2. The van der Waals surface area contributed by atoms with E-state index < -0.39 is 11.5 Å². The molecule has 0 fully saturated rings. The predicted molar refractivity (Wildman–Crippen MR) is 78.0 cm³/mol. The van der Waals surface area contributed by atoms with Gasteiger partial charge in [0.05, 0.1) is 4.88 Å². The number of aryl methyl sites for hydroxylation is 1. The number of nitrogens with one attached hydrogen (secondary N) is 1. The average molecular weight is 289 g/mol. The van der Waals surface area contributed by atoms with Crippen LogP contribution in [-0.4, -0.2) is 17.0 Å². The number of amides is 1. The first kappa shape index (κ1) is 14.3. The van der Waals surface area contributed by atoms with Gasteiger partial charge in [0.15, 0.2) is 5.54 Å². The third-order valence-electron chi connectivity index (χ3n) is 3.21. The number of carbonyl (C=O) groups is 2. The van der Waals surface area contributed by atoms with E-state index in [1.807, 2.05) is 18.4 Å². The molecule has 2 aromatic rings. The highest BCUT2D eigenvalue weighted by atomic mass is 32.1. The molecule has 0 aliphatic carbocycles. The fourth-order valence-corrected chi connectivity index (χ4v) is 2.73. The Hall–Kier alpha value is -2.14. The Morgan fingerprint density at radius 3 is 2.35 bits per heavy atom. The summed E-state index contributed by atoms with van der Waals surface area (Å²) >= 11 is 1.30. The smallest absolute Gasteiger partial charge is 0.333 e. The van der Waals surface area contributed by atoms with Crippen molar-refractivity contribution < 1.29 is 14.7 Å². The minimum Gasteiger partial charge on any atom is -0.479 e. The van der Waals surface area contributed by atoms with Crippen LogP contribution in [-0.2, 0) is 10.3 Å². The molecule has 1 atom stereocenters. The molecule has 0 radical (unpaired) electrons. The largest absolute Gasteiger partial charge is 0.479 e. The highest BCUT2D eigenvalue weighted by Gasteiger charge is 2.37. The summed E-state index contributed by atoms with van der Waals surface area (Å²) in [6.45, 7) is 3.32. The molecule has 2 N–H and O–H groups in total. The van der Waals surface area contributed by atoms with Crippen molar-refractivity contribution >= 4 is 23.2 Å². The first-order chi connectivity index (χ1) is 9.45. The van der Waals surface area contributed by atoms with E-state index in [4.69, 9.17) is 0 Å². The summed E-state index contributed by atoms with van der Waals surface area (Å²) in [5.41, 5.74) is -0.0715. The van der Waals surface area contributed by atoms with Gasteiger partial charge in [-0.05, 0) is 36.4 Å². The number of hydrogen-bond donors (Lipinski definition) is 2.